The molecule has 1 aliphatic heterocycles. The fourth-order valence-corrected chi connectivity index (χ4v) is 3.74. The Bertz CT molecular complexity index is 926. The molecule has 0 saturated carbocycles. The number of nitrogens with zero attached hydrogens (tertiary/aromatic N) is 1. The van der Waals surface area contributed by atoms with E-state index < -0.39 is 5.54 Å². The molecule has 4 rings (SSSR count). The molecular weight excluding hydrogens is 354 g/mol. The molecule has 0 spiro atoms. The third-order valence-corrected chi connectivity index (χ3v) is 5.02. The zero-order chi connectivity index (χ0) is 18.5. The van der Waals surface area contributed by atoms with Crippen molar-refractivity contribution in [1.29, 1.82) is 0 Å². The lowest BCUT2D eigenvalue weighted by molar-refractivity contribution is 0.564. The van der Waals surface area contributed by atoms with Gasteiger partial charge in [0.2, 0.25) is 0 Å². The van der Waals surface area contributed by atoms with Gasteiger partial charge < -0.3 is 10.6 Å². The third-order valence-electron chi connectivity index (χ3n) is 4.69. The van der Waals surface area contributed by atoms with E-state index in [9.17, 15) is 0 Å². The summed E-state index contributed by atoms with van der Waals surface area (Å²) in [6.45, 7) is 0.636. The van der Waals surface area contributed by atoms with E-state index >= 15 is 0 Å². The Morgan fingerprint density at radius 2 is 1.41 bits per heavy atom. The first kappa shape index (κ1) is 17.4. The quantitative estimate of drug-likeness (QED) is 0.650. The second kappa shape index (κ2) is 7.68. The maximum Gasteiger partial charge on any atom is 0.196 e. The molecule has 4 heteroatoms. The Kier molecular flexibility index (Phi) is 4.95. The molecule has 0 radical (unpaired) electrons. The van der Waals surface area contributed by atoms with Crippen LogP contribution in [0.25, 0.3) is 0 Å². The van der Waals surface area contributed by atoms with Crippen LogP contribution in [0.5, 0.6) is 0 Å². The van der Waals surface area contributed by atoms with Crippen molar-refractivity contribution in [1.82, 2.24) is 10.6 Å². The molecule has 0 bridgehead atoms. The molecule has 0 saturated heterocycles. The van der Waals surface area contributed by atoms with Crippen LogP contribution < -0.4 is 10.6 Å². The number of aliphatic imine (C=N–C) groups is 1. The molecule has 0 fully saturated rings. The van der Waals surface area contributed by atoms with Gasteiger partial charge in [-0.15, -0.1) is 0 Å². The number of rotatable bonds is 4. The van der Waals surface area contributed by atoms with Crippen LogP contribution in [-0.2, 0) is 5.54 Å². The summed E-state index contributed by atoms with van der Waals surface area (Å²) in [6.07, 6.45) is 3.88. The summed E-state index contributed by atoms with van der Waals surface area (Å²) in [5.41, 5.74) is 2.47. The molecular formula is C23H20ClN3. The fraction of sp³-hybridized carbons (Fsp3) is 0.0870. The SMILES string of the molecule is Clc1ccccc1C(NC1=NCC=CN1)(c1ccccc1)c1ccccc1. The predicted octanol–water partition coefficient (Wildman–Crippen LogP) is 4.69. The predicted molar refractivity (Wildman–Crippen MR) is 112 cm³/mol. The Morgan fingerprint density at radius 3 is 1.96 bits per heavy atom. The van der Waals surface area contributed by atoms with Crippen LogP contribution in [0.2, 0.25) is 5.02 Å². The number of hydrogen-bond donors (Lipinski definition) is 2. The van der Waals surface area contributed by atoms with Gasteiger partial charge in [0.05, 0.1) is 6.54 Å². The van der Waals surface area contributed by atoms with Crippen molar-refractivity contribution in [2.24, 2.45) is 4.99 Å². The molecule has 0 aliphatic carbocycles. The van der Waals surface area contributed by atoms with Crippen LogP contribution in [0.15, 0.2) is 102 Å². The van der Waals surface area contributed by atoms with Crippen LogP contribution in [0.1, 0.15) is 16.7 Å². The Morgan fingerprint density at radius 1 is 0.815 bits per heavy atom. The maximum atomic E-state index is 6.71. The summed E-state index contributed by atoms with van der Waals surface area (Å²) in [5.74, 6) is 0.713. The highest BCUT2D eigenvalue weighted by atomic mass is 35.5. The number of guanidine groups is 1. The van der Waals surface area contributed by atoms with E-state index in [1.165, 1.54) is 0 Å². The van der Waals surface area contributed by atoms with Crippen molar-refractivity contribution >= 4 is 17.6 Å². The van der Waals surface area contributed by atoms with Crippen LogP contribution in [0.4, 0.5) is 0 Å². The molecule has 0 atom stereocenters. The van der Waals surface area contributed by atoms with Gasteiger partial charge in [0.25, 0.3) is 0 Å². The molecule has 1 aliphatic rings. The van der Waals surface area contributed by atoms with Crippen LogP contribution in [0.3, 0.4) is 0 Å². The maximum absolute atomic E-state index is 6.71. The van der Waals surface area contributed by atoms with Crippen LogP contribution in [0, 0.1) is 0 Å². The molecule has 27 heavy (non-hydrogen) atoms. The highest BCUT2D eigenvalue weighted by Crippen LogP contribution is 2.40. The Hall–Kier alpha value is -3.04. The van der Waals surface area contributed by atoms with Crippen molar-refractivity contribution in [3.8, 4) is 0 Å². The first-order chi connectivity index (χ1) is 13.3. The number of hydrogen-bond acceptors (Lipinski definition) is 3. The molecule has 0 amide bonds. The minimum absolute atomic E-state index is 0.636. The van der Waals surface area contributed by atoms with Crippen LogP contribution in [-0.4, -0.2) is 12.5 Å². The summed E-state index contributed by atoms with van der Waals surface area (Å²) >= 11 is 6.71. The minimum atomic E-state index is -0.683. The van der Waals surface area contributed by atoms with E-state index in [4.69, 9.17) is 11.6 Å². The minimum Gasteiger partial charge on any atom is -0.338 e. The van der Waals surface area contributed by atoms with Gasteiger partial charge in [0.15, 0.2) is 5.96 Å². The average molecular weight is 374 g/mol. The summed E-state index contributed by atoms with van der Waals surface area (Å²) in [6, 6.07) is 28.6. The standard InChI is InChI=1S/C23H20ClN3/c24-21-15-8-7-14-20(21)23(18-10-3-1-4-11-18,19-12-5-2-6-13-19)27-22-25-16-9-17-26-22/h1-16H,17H2,(H2,25,26,27). The summed E-state index contributed by atoms with van der Waals surface area (Å²) < 4.78 is 0. The lowest BCUT2D eigenvalue weighted by atomic mass is 9.77. The molecule has 3 aromatic rings. The lowest BCUT2D eigenvalue weighted by Crippen LogP contribution is -2.52. The van der Waals surface area contributed by atoms with Crippen molar-refractivity contribution in [3.05, 3.63) is 119 Å². The van der Waals surface area contributed by atoms with Gasteiger partial charge in [-0.1, -0.05) is 90.5 Å². The smallest absolute Gasteiger partial charge is 0.196 e. The summed E-state index contributed by atoms with van der Waals surface area (Å²) in [5, 5.41) is 7.58. The van der Waals surface area contributed by atoms with Gasteiger partial charge in [-0.05, 0) is 23.3 Å². The molecule has 1 heterocycles. The first-order valence-electron chi connectivity index (χ1n) is 8.91. The second-order valence-corrected chi connectivity index (χ2v) is 6.73. The fourth-order valence-electron chi connectivity index (χ4n) is 3.46. The van der Waals surface area contributed by atoms with Crippen molar-refractivity contribution < 1.29 is 0 Å². The molecule has 3 aromatic carbocycles. The largest absolute Gasteiger partial charge is 0.338 e. The third kappa shape index (κ3) is 3.34. The number of nitrogens with one attached hydrogen (secondary N) is 2. The topological polar surface area (TPSA) is 36.4 Å². The zero-order valence-electron chi connectivity index (χ0n) is 14.8. The van der Waals surface area contributed by atoms with E-state index in [-0.39, 0.29) is 0 Å². The average Bonchev–Trinajstić information content (AvgIpc) is 2.75. The van der Waals surface area contributed by atoms with E-state index in [0.29, 0.717) is 17.5 Å². The normalized spacial score (nSPS) is 13.6. The highest BCUT2D eigenvalue weighted by Gasteiger charge is 2.38. The zero-order valence-corrected chi connectivity index (χ0v) is 15.5. The molecule has 0 unspecified atom stereocenters. The van der Waals surface area contributed by atoms with E-state index in [1.807, 2.05) is 66.9 Å². The number of halogens is 1. The molecule has 3 nitrogen and oxygen atoms in total. The Balaban J connectivity index is 1.99. The molecule has 134 valence electrons. The lowest BCUT2D eigenvalue weighted by Gasteiger charge is -2.38. The summed E-state index contributed by atoms with van der Waals surface area (Å²) in [7, 11) is 0. The molecule has 0 aromatic heterocycles. The van der Waals surface area contributed by atoms with Gasteiger partial charge in [0.1, 0.15) is 5.54 Å². The highest BCUT2D eigenvalue weighted by molar-refractivity contribution is 6.31. The van der Waals surface area contributed by atoms with Crippen molar-refractivity contribution in [2.75, 3.05) is 6.54 Å². The Labute approximate surface area is 164 Å². The van der Waals surface area contributed by atoms with Crippen molar-refractivity contribution in [2.45, 2.75) is 5.54 Å². The number of benzene rings is 3. The van der Waals surface area contributed by atoms with Crippen molar-refractivity contribution in [3.63, 3.8) is 0 Å². The van der Waals surface area contributed by atoms with E-state index in [1.54, 1.807) is 0 Å². The van der Waals surface area contributed by atoms with Gasteiger partial charge in [-0.3, -0.25) is 0 Å². The van der Waals surface area contributed by atoms with Gasteiger partial charge in [0, 0.05) is 16.8 Å². The van der Waals surface area contributed by atoms with E-state index in [0.717, 1.165) is 16.7 Å². The summed E-state index contributed by atoms with van der Waals surface area (Å²) in [4.78, 5) is 4.59. The first-order valence-corrected chi connectivity index (χ1v) is 9.29. The van der Waals surface area contributed by atoms with Gasteiger partial charge in [-0.25, -0.2) is 4.99 Å². The van der Waals surface area contributed by atoms with Gasteiger partial charge >= 0.3 is 0 Å². The monoisotopic (exact) mass is 373 g/mol. The second-order valence-electron chi connectivity index (χ2n) is 6.32. The van der Waals surface area contributed by atoms with E-state index in [2.05, 4.69) is 46.0 Å². The molecule has 2 N–H and O–H groups in total. The van der Waals surface area contributed by atoms with Gasteiger partial charge in [-0.2, -0.15) is 0 Å². The van der Waals surface area contributed by atoms with Crippen LogP contribution >= 0.6 is 11.6 Å².